The molecule has 92 valence electrons. The van der Waals surface area contributed by atoms with Gasteiger partial charge in [0.05, 0.1) is 19.0 Å². The van der Waals surface area contributed by atoms with Crippen LogP contribution in [0.25, 0.3) is 11.2 Å². The van der Waals surface area contributed by atoms with Gasteiger partial charge in [-0.05, 0) is 18.5 Å². The summed E-state index contributed by atoms with van der Waals surface area (Å²) in [5.41, 5.74) is 1.34. The summed E-state index contributed by atoms with van der Waals surface area (Å²) in [6.07, 6.45) is 1.58. The first kappa shape index (κ1) is 12.1. The molecule has 0 aliphatic heterocycles. The number of aromatic amines is 1. The maximum absolute atomic E-state index is 5.87. The Morgan fingerprint density at radius 2 is 2.29 bits per heavy atom. The average Bonchev–Trinajstić information content (AvgIpc) is 2.75. The fourth-order valence-electron chi connectivity index (χ4n) is 1.61. The number of imidazole rings is 1. The van der Waals surface area contributed by atoms with E-state index in [9.17, 15) is 0 Å². The summed E-state index contributed by atoms with van der Waals surface area (Å²) in [4.78, 5) is 17.3. The smallest absolute Gasteiger partial charge is 0.226 e. The summed E-state index contributed by atoms with van der Waals surface area (Å²) >= 11 is 5.87. The third kappa shape index (κ3) is 2.32. The van der Waals surface area contributed by atoms with Gasteiger partial charge >= 0.3 is 0 Å². The molecule has 1 unspecified atom stereocenters. The lowest BCUT2D eigenvalue weighted by Gasteiger charge is -2.25. The number of methoxy groups -OCH3 is 1. The number of rotatable bonds is 4. The van der Waals surface area contributed by atoms with E-state index in [1.807, 2.05) is 18.9 Å². The quantitative estimate of drug-likeness (QED) is 0.839. The number of likely N-dealkylation sites (N-methyl/N-ethyl adjacent to an activating group) is 1. The highest BCUT2D eigenvalue weighted by atomic mass is 35.5. The number of nitrogens with one attached hydrogen (secondary N) is 1. The molecule has 0 spiro atoms. The lowest BCUT2D eigenvalue weighted by molar-refractivity contribution is 0.183. The Labute approximate surface area is 104 Å². The highest BCUT2D eigenvalue weighted by Crippen LogP contribution is 2.23. The van der Waals surface area contributed by atoms with E-state index in [1.54, 1.807) is 13.4 Å². The molecule has 1 atom stereocenters. The standard InChI is InChI=1S/C10H14ClN5O/c1-6(4-17-3)16(2)9-7-8(13-5-12-7)14-10(11)15-9/h5-6H,4H2,1-3H3,(H,12,13,14,15). The number of hydrogen-bond acceptors (Lipinski definition) is 5. The summed E-state index contributed by atoms with van der Waals surface area (Å²) in [5, 5.41) is 0.191. The normalized spacial score (nSPS) is 12.9. The monoisotopic (exact) mass is 255 g/mol. The van der Waals surface area contributed by atoms with Crippen LogP contribution in [0.5, 0.6) is 0 Å². The van der Waals surface area contributed by atoms with Gasteiger partial charge in [0.25, 0.3) is 0 Å². The molecule has 0 amide bonds. The highest BCUT2D eigenvalue weighted by molar-refractivity contribution is 6.28. The Hall–Kier alpha value is -1.40. The first-order valence-electron chi connectivity index (χ1n) is 5.22. The van der Waals surface area contributed by atoms with Crippen molar-refractivity contribution in [2.75, 3.05) is 25.7 Å². The fraction of sp³-hybridized carbons (Fsp3) is 0.500. The van der Waals surface area contributed by atoms with Crippen LogP contribution in [-0.4, -0.2) is 46.7 Å². The molecule has 6 nitrogen and oxygen atoms in total. The van der Waals surface area contributed by atoms with Crippen molar-refractivity contribution in [3.63, 3.8) is 0 Å². The van der Waals surface area contributed by atoms with Crippen LogP contribution in [-0.2, 0) is 4.74 Å². The van der Waals surface area contributed by atoms with Crippen molar-refractivity contribution in [3.8, 4) is 0 Å². The topological polar surface area (TPSA) is 66.9 Å². The van der Waals surface area contributed by atoms with Gasteiger partial charge in [-0.3, -0.25) is 0 Å². The molecule has 2 heterocycles. The predicted octanol–water partition coefficient (Wildman–Crippen LogP) is 1.48. The van der Waals surface area contributed by atoms with E-state index in [0.29, 0.717) is 12.3 Å². The zero-order chi connectivity index (χ0) is 12.4. The van der Waals surface area contributed by atoms with E-state index < -0.39 is 0 Å². The lowest BCUT2D eigenvalue weighted by atomic mass is 10.3. The molecule has 0 radical (unpaired) electrons. The van der Waals surface area contributed by atoms with Gasteiger partial charge in [-0.1, -0.05) is 0 Å². The maximum Gasteiger partial charge on any atom is 0.226 e. The summed E-state index contributed by atoms with van der Waals surface area (Å²) in [7, 11) is 3.60. The van der Waals surface area contributed by atoms with E-state index in [-0.39, 0.29) is 11.3 Å². The summed E-state index contributed by atoms with van der Waals surface area (Å²) < 4.78 is 5.13. The number of halogens is 1. The Bertz CT molecular complexity index is 514. The number of fused-ring (bicyclic) bond motifs is 1. The van der Waals surface area contributed by atoms with Crippen molar-refractivity contribution >= 4 is 28.6 Å². The molecule has 17 heavy (non-hydrogen) atoms. The minimum Gasteiger partial charge on any atom is -0.383 e. The van der Waals surface area contributed by atoms with Crippen molar-refractivity contribution in [2.24, 2.45) is 0 Å². The van der Waals surface area contributed by atoms with E-state index in [4.69, 9.17) is 16.3 Å². The molecule has 0 saturated heterocycles. The SMILES string of the molecule is COCC(C)N(C)c1nc(Cl)nc2nc[nH]c12. The van der Waals surface area contributed by atoms with Crippen molar-refractivity contribution < 1.29 is 4.74 Å². The Balaban J connectivity index is 2.43. The Kier molecular flexibility index (Phi) is 3.44. The van der Waals surface area contributed by atoms with Crippen LogP contribution in [0.15, 0.2) is 6.33 Å². The molecule has 2 aromatic rings. The van der Waals surface area contributed by atoms with Gasteiger partial charge in [0.2, 0.25) is 5.28 Å². The molecule has 0 aliphatic rings. The number of hydrogen-bond donors (Lipinski definition) is 1. The molecule has 0 aliphatic carbocycles. The Morgan fingerprint density at radius 1 is 1.53 bits per heavy atom. The van der Waals surface area contributed by atoms with Crippen LogP contribution in [0.3, 0.4) is 0 Å². The van der Waals surface area contributed by atoms with Crippen LogP contribution < -0.4 is 4.90 Å². The maximum atomic E-state index is 5.87. The second-order valence-electron chi connectivity index (χ2n) is 3.83. The van der Waals surface area contributed by atoms with Crippen LogP contribution in [0.1, 0.15) is 6.92 Å². The summed E-state index contributed by atoms with van der Waals surface area (Å²) in [6.45, 7) is 2.65. The Morgan fingerprint density at radius 3 is 3.00 bits per heavy atom. The zero-order valence-corrected chi connectivity index (χ0v) is 10.7. The molecular weight excluding hydrogens is 242 g/mol. The number of anilines is 1. The number of aromatic nitrogens is 4. The van der Waals surface area contributed by atoms with Gasteiger partial charge in [0.1, 0.15) is 5.52 Å². The highest BCUT2D eigenvalue weighted by Gasteiger charge is 2.17. The van der Waals surface area contributed by atoms with E-state index >= 15 is 0 Å². The molecule has 2 rings (SSSR count). The predicted molar refractivity (Wildman–Crippen MR) is 66.4 cm³/mol. The van der Waals surface area contributed by atoms with Crippen LogP contribution in [0.4, 0.5) is 5.82 Å². The largest absolute Gasteiger partial charge is 0.383 e. The molecule has 0 fully saturated rings. The van der Waals surface area contributed by atoms with Crippen molar-refractivity contribution in [1.29, 1.82) is 0 Å². The van der Waals surface area contributed by atoms with Gasteiger partial charge < -0.3 is 14.6 Å². The van der Waals surface area contributed by atoms with E-state index in [2.05, 4.69) is 19.9 Å². The third-order valence-electron chi connectivity index (χ3n) is 2.64. The van der Waals surface area contributed by atoms with Crippen LogP contribution in [0.2, 0.25) is 5.28 Å². The summed E-state index contributed by atoms with van der Waals surface area (Å²) in [6, 6.07) is 0.178. The minimum atomic E-state index is 0.178. The molecule has 0 bridgehead atoms. The van der Waals surface area contributed by atoms with Crippen molar-refractivity contribution in [3.05, 3.63) is 11.6 Å². The van der Waals surface area contributed by atoms with Crippen molar-refractivity contribution in [1.82, 2.24) is 19.9 Å². The molecular formula is C10H14ClN5O. The molecule has 1 N–H and O–H groups in total. The van der Waals surface area contributed by atoms with Crippen LogP contribution in [0, 0.1) is 0 Å². The van der Waals surface area contributed by atoms with Gasteiger partial charge in [0.15, 0.2) is 11.5 Å². The van der Waals surface area contributed by atoms with Gasteiger partial charge in [0, 0.05) is 14.2 Å². The lowest BCUT2D eigenvalue weighted by Crippen LogP contribution is -2.33. The zero-order valence-electron chi connectivity index (χ0n) is 9.94. The van der Waals surface area contributed by atoms with Crippen molar-refractivity contribution in [2.45, 2.75) is 13.0 Å². The van der Waals surface area contributed by atoms with Gasteiger partial charge in [-0.2, -0.15) is 9.97 Å². The second-order valence-corrected chi connectivity index (χ2v) is 4.17. The third-order valence-corrected chi connectivity index (χ3v) is 2.81. The summed E-state index contributed by atoms with van der Waals surface area (Å²) in [5.74, 6) is 0.724. The van der Waals surface area contributed by atoms with Gasteiger partial charge in [-0.15, -0.1) is 0 Å². The minimum absolute atomic E-state index is 0.178. The number of ether oxygens (including phenoxy) is 1. The fourth-order valence-corrected chi connectivity index (χ4v) is 1.77. The molecule has 7 heteroatoms. The van der Waals surface area contributed by atoms with Crippen LogP contribution >= 0.6 is 11.6 Å². The average molecular weight is 256 g/mol. The molecule has 2 aromatic heterocycles. The van der Waals surface area contributed by atoms with E-state index in [0.717, 1.165) is 11.3 Å². The molecule has 0 aromatic carbocycles. The number of H-pyrrole nitrogens is 1. The van der Waals surface area contributed by atoms with E-state index in [1.165, 1.54) is 0 Å². The molecule has 0 saturated carbocycles. The first-order valence-corrected chi connectivity index (χ1v) is 5.59. The second kappa shape index (κ2) is 4.85. The first-order chi connectivity index (χ1) is 8.13. The number of nitrogens with zero attached hydrogens (tertiary/aromatic N) is 4. The van der Waals surface area contributed by atoms with Gasteiger partial charge in [-0.25, -0.2) is 4.98 Å².